The van der Waals surface area contributed by atoms with Crippen LogP contribution in [0.5, 0.6) is 0 Å². The van der Waals surface area contributed by atoms with E-state index in [0.717, 1.165) is 12.8 Å². The largest absolute Gasteiger partial charge is 0.481 e. The summed E-state index contributed by atoms with van der Waals surface area (Å²) in [5.41, 5.74) is -2.23. The highest BCUT2D eigenvalue weighted by atomic mass is 16.6. The Morgan fingerprint density at radius 3 is 1.48 bits per heavy atom. The van der Waals surface area contributed by atoms with Gasteiger partial charge in [-0.2, -0.15) is 0 Å². The Morgan fingerprint density at radius 1 is 0.760 bits per heavy atom. The molecular formula is C18H22O7. The van der Waals surface area contributed by atoms with Gasteiger partial charge in [-0.15, -0.1) is 0 Å². The molecule has 4 rings (SSSR count). The van der Waals surface area contributed by atoms with Crippen molar-refractivity contribution in [2.75, 3.05) is 0 Å². The molecule has 4 aliphatic rings. The van der Waals surface area contributed by atoms with Crippen molar-refractivity contribution in [3.05, 3.63) is 0 Å². The maximum absolute atomic E-state index is 12.8. The number of hydrogen-bond donors (Lipinski definition) is 2. The molecule has 0 heterocycles. The van der Waals surface area contributed by atoms with Crippen molar-refractivity contribution in [1.82, 2.24) is 0 Å². The molecule has 2 N–H and O–H groups in total. The average molecular weight is 350 g/mol. The lowest BCUT2D eigenvalue weighted by Gasteiger charge is -2.33. The van der Waals surface area contributed by atoms with Gasteiger partial charge in [-0.25, -0.2) is 0 Å². The number of rotatable bonds is 4. The Balaban J connectivity index is 1.56. The molecule has 0 radical (unpaired) electrons. The molecule has 4 aliphatic carbocycles. The molecule has 7 nitrogen and oxygen atoms in total. The van der Waals surface area contributed by atoms with Crippen LogP contribution in [0.25, 0.3) is 0 Å². The Labute approximate surface area is 144 Å². The first-order valence-electron chi connectivity index (χ1n) is 9.01. The van der Waals surface area contributed by atoms with Gasteiger partial charge in [0.15, 0.2) is 0 Å². The smallest absolute Gasteiger partial charge is 0.320 e. The molecule has 0 aliphatic heterocycles. The lowest BCUT2D eigenvalue weighted by Crippen LogP contribution is -2.45. The van der Waals surface area contributed by atoms with Crippen LogP contribution < -0.4 is 0 Å². The van der Waals surface area contributed by atoms with Crippen molar-refractivity contribution in [1.29, 1.82) is 0 Å². The third-order valence-corrected chi connectivity index (χ3v) is 7.37. The molecule has 0 amide bonds. The Morgan fingerprint density at radius 2 is 1.16 bits per heavy atom. The maximum Gasteiger partial charge on any atom is 0.320 e. The zero-order chi connectivity index (χ0) is 18.0. The molecule has 136 valence electrons. The van der Waals surface area contributed by atoms with Crippen molar-refractivity contribution in [2.45, 2.75) is 51.4 Å². The van der Waals surface area contributed by atoms with E-state index < -0.39 is 46.5 Å². The summed E-state index contributed by atoms with van der Waals surface area (Å²) in [6, 6.07) is 0. The lowest BCUT2D eigenvalue weighted by molar-refractivity contribution is -0.182. The molecule has 0 aromatic carbocycles. The molecule has 0 spiro atoms. The van der Waals surface area contributed by atoms with Gasteiger partial charge in [0.05, 0.1) is 22.7 Å². The SMILES string of the molecule is O=C(O)C1CC2CCC1(C(=O)OC(=O)C13CCC(CC1C(=O)O)C3)C2. The quantitative estimate of drug-likeness (QED) is 0.586. The molecule has 7 heteroatoms. The Hall–Kier alpha value is -1.92. The van der Waals surface area contributed by atoms with Crippen molar-refractivity contribution < 1.29 is 34.1 Å². The molecule has 0 aromatic heterocycles. The first-order valence-corrected chi connectivity index (χ1v) is 9.01. The van der Waals surface area contributed by atoms with Gasteiger partial charge in [0.1, 0.15) is 0 Å². The molecular weight excluding hydrogens is 328 g/mol. The second-order valence-electron chi connectivity index (χ2n) is 8.46. The summed E-state index contributed by atoms with van der Waals surface area (Å²) in [5.74, 6) is -4.77. The van der Waals surface area contributed by atoms with E-state index in [1.165, 1.54) is 0 Å². The predicted octanol–water partition coefficient (Wildman–Crippen LogP) is 1.84. The van der Waals surface area contributed by atoms with Gasteiger partial charge in [0.25, 0.3) is 0 Å². The summed E-state index contributed by atoms with van der Waals surface area (Å²) in [6.45, 7) is 0. The minimum Gasteiger partial charge on any atom is -0.481 e. The van der Waals surface area contributed by atoms with Crippen molar-refractivity contribution in [3.63, 3.8) is 0 Å². The van der Waals surface area contributed by atoms with Gasteiger partial charge < -0.3 is 14.9 Å². The molecule has 0 aromatic rings. The molecule has 6 unspecified atom stereocenters. The summed E-state index contributed by atoms with van der Waals surface area (Å²) in [5, 5.41) is 18.9. The van der Waals surface area contributed by atoms with Gasteiger partial charge in [-0.05, 0) is 63.2 Å². The Bertz CT molecular complexity index is 614. The second kappa shape index (κ2) is 5.29. The number of esters is 2. The number of carbonyl (C=O) groups is 4. The monoisotopic (exact) mass is 350 g/mol. The molecule has 25 heavy (non-hydrogen) atoms. The molecule has 4 bridgehead atoms. The Kier molecular flexibility index (Phi) is 3.50. The number of hydrogen-bond acceptors (Lipinski definition) is 5. The summed E-state index contributed by atoms with van der Waals surface area (Å²) in [7, 11) is 0. The fourth-order valence-corrected chi connectivity index (χ4v) is 6.13. The number of carboxylic acids is 2. The van der Waals surface area contributed by atoms with Crippen LogP contribution in [0, 0.1) is 34.5 Å². The zero-order valence-corrected chi connectivity index (χ0v) is 13.9. The summed E-state index contributed by atoms with van der Waals surface area (Å²) < 4.78 is 5.22. The van der Waals surface area contributed by atoms with E-state index in [2.05, 4.69) is 0 Å². The van der Waals surface area contributed by atoms with Crippen LogP contribution >= 0.6 is 0 Å². The van der Waals surface area contributed by atoms with E-state index in [0.29, 0.717) is 38.5 Å². The van der Waals surface area contributed by atoms with E-state index >= 15 is 0 Å². The van der Waals surface area contributed by atoms with E-state index in [1.807, 2.05) is 0 Å². The summed E-state index contributed by atoms with van der Waals surface area (Å²) >= 11 is 0. The highest BCUT2D eigenvalue weighted by molar-refractivity contribution is 5.96. The molecule has 4 fully saturated rings. The first-order chi connectivity index (χ1) is 11.8. The molecule has 6 atom stereocenters. The molecule has 0 saturated heterocycles. The van der Waals surface area contributed by atoms with Crippen molar-refractivity contribution in [2.24, 2.45) is 34.5 Å². The van der Waals surface area contributed by atoms with Crippen LogP contribution in [0.15, 0.2) is 0 Å². The summed E-state index contributed by atoms with van der Waals surface area (Å²) in [4.78, 5) is 48.7. The standard InChI is InChI=1S/C18H22O7/c19-13(20)11-5-9-1-3-17(11,7-9)15(23)25-16(24)18-4-2-10(8-18)6-12(18)14(21)22/h9-12H,1-8H2,(H,19,20)(H,21,22). The normalized spacial score (nSPS) is 44.0. The van der Waals surface area contributed by atoms with Crippen LogP contribution in [0.3, 0.4) is 0 Å². The van der Waals surface area contributed by atoms with Crippen LogP contribution in [-0.2, 0) is 23.9 Å². The van der Waals surface area contributed by atoms with Crippen LogP contribution in [0.1, 0.15) is 51.4 Å². The van der Waals surface area contributed by atoms with E-state index in [4.69, 9.17) is 4.74 Å². The minimum absolute atomic E-state index is 0.191. The second-order valence-corrected chi connectivity index (χ2v) is 8.46. The van der Waals surface area contributed by atoms with Gasteiger partial charge >= 0.3 is 23.9 Å². The van der Waals surface area contributed by atoms with Crippen molar-refractivity contribution in [3.8, 4) is 0 Å². The van der Waals surface area contributed by atoms with Gasteiger partial charge in [-0.1, -0.05) is 0 Å². The van der Waals surface area contributed by atoms with Crippen molar-refractivity contribution >= 4 is 23.9 Å². The van der Waals surface area contributed by atoms with Gasteiger partial charge in [-0.3, -0.25) is 19.2 Å². The van der Waals surface area contributed by atoms with Gasteiger partial charge in [0.2, 0.25) is 0 Å². The number of ether oxygens (including phenoxy) is 1. The summed E-state index contributed by atoms with van der Waals surface area (Å²) in [6.07, 6.45) is 4.21. The first kappa shape index (κ1) is 16.5. The molecule has 4 saturated carbocycles. The third kappa shape index (κ3) is 2.17. The maximum atomic E-state index is 12.8. The zero-order valence-electron chi connectivity index (χ0n) is 13.9. The van der Waals surface area contributed by atoms with E-state index in [9.17, 15) is 29.4 Å². The predicted molar refractivity (Wildman–Crippen MR) is 82.1 cm³/mol. The number of carboxylic acid groups (broad SMARTS) is 2. The lowest BCUT2D eigenvalue weighted by atomic mass is 9.73. The van der Waals surface area contributed by atoms with E-state index in [-0.39, 0.29) is 11.8 Å². The van der Waals surface area contributed by atoms with Crippen LogP contribution in [0.4, 0.5) is 0 Å². The van der Waals surface area contributed by atoms with E-state index in [1.54, 1.807) is 0 Å². The number of aliphatic carboxylic acids is 2. The highest BCUT2D eigenvalue weighted by Gasteiger charge is 2.64. The van der Waals surface area contributed by atoms with Crippen LogP contribution in [0.2, 0.25) is 0 Å². The fraction of sp³-hybridized carbons (Fsp3) is 0.778. The number of carbonyl (C=O) groups excluding carboxylic acids is 2. The number of fused-ring (bicyclic) bond motifs is 4. The van der Waals surface area contributed by atoms with Gasteiger partial charge in [0, 0.05) is 0 Å². The topological polar surface area (TPSA) is 118 Å². The average Bonchev–Trinajstić information content (AvgIpc) is 3.32. The minimum atomic E-state index is -1.11. The highest BCUT2D eigenvalue weighted by Crippen LogP contribution is 2.60. The fourth-order valence-electron chi connectivity index (χ4n) is 6.13. The van der Waals surface area contributed by atoms with Crippen LogP contribution in [-0.4, -0.2) is 34.1 Å². The third-order valence-electron chi connectivity index (χ3n) is 7.37.